The molecule has 1 heterocycles. The molecule has 3 aromatic rings. The molecule has 1 amide bonds. The van der Waals surface area contributed by atoms with Gasteiger partial charge in [0.15, 0.2) is 11.9 Å². The van der Waals surface area contributed by atoms with Gasteiger partial charge in [-0.15, -0.1) is 0 Å². The van der Waals surface area contributed by atoms with Crippen LogP contribution in [0.1, 0.15) is 52.9 Å². The maximum Gasteiger partial charge on any atom is 0.338 e. The molecule has 0 aliphatic rings. The van der Waals surface area contributed by atoms with Crippen molar-refractivity contribution in [3.63, 3.8) is 0 Å². The van der Waals surface area contributed by atoms with Crippen molar-refractivity contribution in [2.24, 2.45) is 7.05 Å². The fourth-order valence-electron chi connectivity index (χ4n) is 2.94. The van der Waals surface area contributed by atoms with Gasteiger partial charge in [-0.2, -0.15) is 0 Å². The van der Waals surface area contributed by atoms with E-state index in [-0.39, 0.29) is 5.91 Å². The number of imidazole rings is 1. The van der Waals surface area contributed by atoms with Crippen LogP contribution >= 0.6 is 0 Å². The Hall–Kier alpha value is -3.15. The van der Waals surface area contributed by atoms with E-state index in [1.54, 1.807) is 31.2 Å². The standard InChI is InChI=1S/C21H23N3O3/c1-4-12-22-20(25)15-8-7-9-16(13-15)21(26)27-14(2)19-23-17-10-5-6-11-18(17)24(19)3/h5-11,13-14H,4,12H2,1-3H3,(H,22,25)/t14-/m0/s1. The Balaban J connectivity index is 1.76. The van der Waals surface area contributed by atoms with Crippen LogP contribution in [0.15, 0.2) is 48.5 Å². The Bertz CT molecular complexity index is 978. The molecule has 0 aliphatic heterocycles. The normalized spacial score (nSPS) is 12.0. The van der Waals surface area contributed by atoms with E-state index < -0.39 is 12.1 Å². The van der Waals surface area contributed by atoms with Gasteiger partial charge in [-0.25, -0.2) is 9.78 Å². The number of carbonyl (C=O) groups is 2. The first kappa shape index (κ1) is 18.6. The summed E-state index contributed by atoms with van der Waals surface area (Å²) in [5.74, 6) is -0.0176. The lowest BCUT2D eigenvalue weighted by molar-refractivity contribution is 0.0315. The number of aryl methyl sites for hydroxylation is 1. The molecule has 0 saturated carbocycles. The number of nitrogens with one attached hydrogen (secondary N) is 1. The summed E-state index contributed by atoms with van der Waals surface area (Å²) in [6.45, 7) is 4.37. The Morgan fingerprint density at radius 2 is 1.89 bits per heavy atom. The zero-order valence-corrected chi connectivity index (χ0v) is 15.7. The smallest absolute Gasteiger partial charge is 0.338 e. The lowest BCUT2D eigenvalue weighted by Crippen LogP contribution is -2.24. The lowest BCUT2D eigenvalue weighted by atomic mass is 10.1. The summed E-state index contributed by atoms with van der Waals surface area (Å²) in [6.07, 6.45) is 0.329. The van der Waals surface area contributed by atoms with Crippen molar-refractivity contribution in [3.8, 4) is 0 Å². The molecule has 1 N–H and O–H groups in total. The van der Waals surface area contributed by atoms with E-state index in [4.69, 9.17) is 4.74 Å². The van der Waals surface area contributed by atoms with Crippen LogP contribution in [0, 0.1) is 0 Å². The van der Waals surface area contributed by atoms with Gasteiger partial charge in [0.25, 0.3) is 5.91 Å². The predicted molar refractivity (Wildman–Crippen MR) is 104 cm³/mol. The minimum atomic E-state index is -0.521. The van der Waals surface area contributed by atoms with Crippen LogP contribution < -0.4 is 5.32 Å². The Kier molecular flexibility index (Phi) is 5.54. The van der Waals surface area contributed by atoms with Crippen molar-refractivity contribution < 1.29 is 14.3 Å². The van der Waals surface area contributed by atoms with Crippen LogP contribution in [0.4, 0.5) is 0 Å². The maximum absolute atomic E-state index is 12.6. The Morgan fingerprint density at radius 3 is 2.63 bits per heavy atom. The number of carbonyl (C=O) groups excluding carboxylic acids is 2. The number of hydrogen-bond donors (Lipinski definition) is 1. The number of amides is 1. The molecule has 0 radical (unpaired) electrons. The summed E-state index contributed by atoms with van der Waals surface area (Å²) >= 11 is 0. The van der Waals surface area contributed by atoms with Crippen molar-refractivity contribution in [2.45, 2.75) is 26.4 Å². The molecule has 2 aromatic carbocycles. The van der Waals surface area contributed by atoms with Gasteiger partial charge >= 0.3 is 5.97 Å². The van der Waals surface area contributed by atoms with Crippen LogP contribution in [0.5, 0.6) is 0 Å². The number of esters is 1. The molecule has 1 aromatic heterocycles. The molecule has 27 heavy (non-hydrogen) atoms. The Morgan fingerprint density at radius 1 is 1.15 bits per heavy atom. The Labute approximate surface area is 158 Å². The van der Waals surface area contributed by atoms with E-state index in [1.165, 1.54) is 0 Å². The molecule has 0 fully saturated rings. The average molecular weight is 365 g/mol. The number of ether oxygens (including phenoxy) is 1. The SMILES string of the molecule is CCCNC(=O)c1cccc(C(=O)O[C@@H](C)c2nc3ccccc3n2C)c1. The van der Waals surface area contributed by atoms with Gasteiger partial charge in [-0.05, 0) is 43.7 Å². The van der Waals surface area contributed by atoms with Crippen molar-refractivity contribution in [1.29, 1.82) is 0 Å². The van der Waals surface area contributed by atoms with Crippen molar-refractivity contribution >= 4 is 22.9 Å². The molecule has 6 nitrogen and oxygen atoms in total. The van der Waals surface area contributed by atoms with Gasteiger partial charge in [-0.1, -0.05) is 25.1 Å². The largest absolute Gasteiger partial charge is 0.451 e. The van der Waals surface area contributed by atoms with Gasteiger partial charge < -0.3 is 14.6 Å². The highest BCUT2D eigenvalue weighted by atomic mass is 16.5. The number of hydrogen-bond acceptors (Lipinski definition) is 4. The van der Waals surface area contributed by atoms with E-state index in [0.717, 1.165) is 17.5 Å². The molecule has 0 bridgehead atoms. The third-order valence-electron chi connectivity index (χ3n) is 4.37. The van der Waals surface area contributed by atoms with E-state index in [1.807, 2.05) is 42.8 Å². The van der Waals surface area contributed by atoms with Crippen molar-refractivity contribution in [2.75, 3.05) is 6.54 Å². The minimum absolute atomic E-state index is 0.199. The molecule has 0 spiro atoms. The van der Waals surface area contributed by atoms with Crippen molar-refractivity contribution in [1.82, 2.24) is 14.9 Å². The number of para-hydroxylation sites is 2. The fourth-order valence-corrected chi connectivity index (χ4v) is 2.94. The maximum atomic E-state index is 12.6. The summed E-state index contributed by atoms with van der Waals surface area (Å²) in [6, 6.07) is 14.3. The van der Waals surface area contributed by atoms with E-state index in [9.17, 15) is 9.59 Å². The number of nitrogens with zero attached hydrogens (tertiary/aromatic N) is 2. The highest BCUT2D eigenvalue weighted by Gasteiger charge is 2.20. The average Bonchev–Trinajstić information content (AvgIpc) is 3.03. The zero-order valence-electron chi connectivity index (χ0n) is 15.7. The fraction of sp³-hybridized carbons (Fsp3) is 0.286. The molecule has 0 aliphatic carbocycles. The van der Waals surface area contributed by atoms with Gasteiger partial charge in [0.2, 0.25) is 0 Å². The topological polar surface area (TPSA) is 73.2 Å². The molecule has 140 valence electrons. The highest BCUT2D eigenvalue weighted by Crippen LogP contribution is 2.22. The second kappa shape index (κ2) is 8.03. The van der Waals surface area contributed by atoms with Gasteiger partial charge in [0.05, 0.1) is 16.6 Å². The second-order valence-electron chi connectivity index (χ2n) is 6.40. The molecule has 1 atom stereocenters. The van der Waals surface area contributed by atoms with Crippen LogP contribution in [-0.4, -0.2) is 28.0 Å². The van der Waals surface area contributed by atoms with E-state index >= 15 is 0 Å². The van der Waals surface area contributed by atoms with Crippen LogP contribution in [0.2, 0.25) is 0 Å². The lowest BCUT2D eigenvalue weighted by Gasteiger charge is -2.13. The van der Waals surface area contributed by atoms with Gasteiger partial charge in [-0.3, -0.25) is 4.79 Å². The summed E-state index contributed by atoms with van der Waals surface area (Å²) < 4.78 is 7.51. The van der Waals surface area contributed by atoms with E-state index in [0.29, 0.717) is 23.5 Å². The third-order valence-corrected chi connectivity index (χ3v) is 4.37. The summed E-state index contributed by atoms with van der Waals surface area (Å²) in [5.41, 5.74) is 2.61. The molecule has 6 heteroatoms. The number of fused-ring (bicyclic) bond motifs is 1. The quantitative estimate of drug-likeness (QED) is 0.677. The second-order valence-corrected chi connectivity index (χ2v) is 6.40. The van der Waals surface area contributed by atoms with Crippen LogP contribution in [-0.2, 0) is 11.8 Å². The molecular formula is C21H23N3O3. The monoisotopic (exact) mass is 365 g/mol. The summed E-state index contributed by atoms with van der Waals surface area (Å²) in [7, 11) is 1.90. The third kappa shape index (κ3) is 4.00. The molecular weight excluding hydrogens is 342 g/mol. The predicted octanol–water partition coefficient (Wildman–Crippen LogP) is 3.63. The molecule has 0 unspecified atom stereocenters. The highest BCUT2D eigenvalue weighted by molar-refractivity contribution is 5.97. The van der Waals surface area contributed by atoms with Gasteiger partial charge in [0.1, 0.15) is 0 Å². The van der Waals surface area contributed by atoms with Crippen LogP contribution in [0.3, 0.4) is 0 Å². The summed E-state index contributed by atoms with van der Waals surface area (Å²) in [5, 5.41) is 2.80. The zero-order chi connectivity index (χ0) is 19.4. The number of benzene rings is 2. The van der Waals surface area contributed by atoms with Gasteiger partial charge in [0, 0.05) is 19.2 Å². The minimum Gasteiger partial charge on any atom is -0.451 e. The van der Waals surface area contributed by atoms with E-state index in [2.05, 4.69) is 10.3 Å². The molecule has 0 saturated heterocycles. The van der Waals surface area contributed by atoms with Crippen molar-refractivity contribution in [3.05, 3.63) is 65.5 Å². The first-order valence-electron chi connectivity index (χ1n) is 9.02. The number of rotatable bonds is 6. The molecule has 3 rings (SSSR count). The summed E-state index contributed by atoms with van der Waals surface area (Å²) in [4.78, 5) is 29.2. The number of aromatic nitrogens is 2. The first-order valence-corrected chi connectivity index (χ1v) is 9.02. The van der Waals surface area contributed by atoms with Crippen LogP contribution in [0.25, 0.3) is 11.0 Å². The first-order chi connectivity index (χ1) is 13.0.